The highest BCUT2D eigenvalue weighted by molar-refractivity contribution is 6.03. The third kappa shape index (κ3) is 6.38. The minimum Gasteiger partial charge on any atom is -0.281 e. The van der Waals surface area contributed by atoms with Crippen molar-refractivity contribution in [3.63, 3.8) is 0 Å². The monoisotopic (exact) mass is 504 g/mol. The summed E-state index contributed by atoms with van der Waals surface area (Å²) in [7, 11) is 0. The third-order valence-electron chi connectivity index (χ3n) is 6.93. The van der Waals surface area contributed by atoms with E-state index < -0.39 is 0 Å². The van der Waals surface area contributed by atoms with Crippen LogP contribution in [-0.2, 0) is 9.59 Å². The van der Waals surface area contributed by atoms with Gasteiger partial charge in [0.15, 0.2) is 0 Å². The van der Waals surface area contributed by atoms with Gasteiger partial charge in [-0.3, -0.25) is 19.4 Å². The molecule has 2 unspecified atom stereocenters. The average molecular weight is 505 g/mol. The SMILES string of the molecule is C=C/C=C\C(=C/CC)N(C(=O)C1CCCC(C(=O)N(c2ccccc2)c2ccccc2)C1)c1ccccc1. The van der Waals surface area contributed by atoms with Crippen molar-refractivity contribution in [3.8, 4) is 0 Å². The first kappa shape index (κ1) is 26.9. The molecule has 0 aromatic heterocycles. The topological polar surface area (TPSA) is 40.6 Å². The summed E-state index contributed by atoms with van der Waals surface area (Å²) in [4.78, 5) is 31.8. The highest BCUT2D eigenvalue weighted by Crippen LogP contribution is 2.37. The van der Waals surface area contributed by atoms with E-state index in [1.807, 2.05) is 113 Å². The average Bonchev–Trinajstić information content (AvgIpc) is 2.98. The minimum atomic E-state index is -0.247. The van der Waals surface area contributed by atoms with Crippen LogP contribution in [0.25, 0.3) is 0 Å². The summed E-state index contributed by atoms with van der Waals surface area (Å²) >= 11 is 0. The van der Waals surface area contributed by atoms with Gasteiger partial charge in [0.05, 0.1) is 0 Å². The molecule has 0 heterocycles. The van der Waals surface area contributed by atoms with E-state index in [2.05, 4.69) is 19.6 Å². The summed E-state index contributed by atoms with van der Waals surface area (Å²) in [5.41, 5.74) is 3.33. The van der Waals surface area contributed by atoms with Crippen LogP contribution >= 0.6 is 0 Å². The van der Waals surface area contributed by atoms with Crippen molar-refractivity contribution in [2.24, 2.45) is 11.8 Å². The number of anilines is 3. The van der Waals surface area contributed by atoms with Crippen molar-refractivity contribution in [1.82, 2.24) is 0 Å². The highest BCUT2D eigenvalue weighted by atomic mass is 16.2. The third-order valence-corrected chi connectivity index (χ3v) is 6.93. The van der Waals surface area contributed by atoms with Crippen LogP contribution in [0, 0.1) is 11.8 Å². The molecule has 2 amide bonds. The van der Waals surface area contributed by atoms with Gasteiger partial charge in [-0.15, -0.1) is 0 Å². The van der Waals surface area contributed by atoms with Gasteiger partial charge in [-0.25, -0.2) is 0 Å². The second kappa shape index (κ2) is 13.4. The van der Waals surface area contributed by atoms with E-state index >= 15 is 0 Å². The molecule has 0 aliphatic heterocycles. The Bertz CT molecular complexity index is 1230. The zero-order valence-electron chi connectivity index (χ0n) is 22.1. The number of hydrogen-bond acceptors (Lipinski definition) is 2. The van der Waals surface area contributed by atoms with Gasteiger partial charge in [0.1, 0.15) is 0 Å². The lowest BCUT2D eigenvalue weighted by Crippen LogP contribution is -2.41. The lowest BCUT2D eigenvalue weighted by Gasteiger charge is -2.35. The van der Waals surface area contributed by atoms with E-state index in [0.29, 0.717) is 6.42 Å². The van der Waals surface area contributed by atoms with Crippen LogP contribution < -0.4 is 9.80 Å². The summed E-state index contributed by atoms with van der Waals surface area (Å²) in [6, 6.07) is 29.3. The van der Waals surface area contributed by atoms with E-state index in [4.69, 9.17) is 0 Å². The fourth-order valence-corrected chi connectivity index (χ4v) is 5.15. The molecule has 0 spiro atoms. The predicted molar refractivity (Wildman–Crippen MR) is 157 cm³/mol. The van der Waals surface area contributed by atoms with Crippen molar-refractivity contribution < 1.29 is 9.59 Å². The van der Waals surface area contributed by atoms with Gasteiger partial charge in [0.2, 0.25) is 11.8 Å². The quantitative estimate of drug-likeness (QED) is 0.275. The van der Waals surface area contributed by atoms with E-state index in [9.17, 15) is 9.59 Å². The molecular weight excluding hydrogens is 468 g/mol. The molecule has 0 bridgehead atoms. The zero-order valence-corrected chi connectivity index (χ0v) is 22.1. The maximum atomic E-state index is 14.2. The summed E-state index contributed by atoms with van der Waals surface area (Å²) in [6.07, 6.45) is 11.3. The molecule has 0 N–H and O–H groups in total. The second-order valence-corrected chi connectivity index (χ2v) is 9.55. The van der Waals surface area contributed by atoms with Crippen molar-refractivity contribution in [3.05, 3.63) is 128 Å². The first-order valence-corrected chi connectivity index (χ1v) is 13.5. The molecular formula is C34H36N2O2. The van der Waals surface area contributed by atoms with Crippen LogP contribution in [0.4, 0.5) is 17.1 Å². The van der Waals surface area contributed by atoms with Gasteiger partial charge in [-0.2, -0.15) is 0 Å². The normalized spacial score (nSPS) is 17.7. The van der Waals surface area contributed by atoms with Crippen LogP contribution in [0.1, 0.15) is 39.0 Å². The molecule has 3 aromatic rings. The first-order valence-electron chi connectivity index (χ1n) is 13.5. The molecule has 0 radical (unpaired) electrons. The Morgan fingerprint density at radius 3 is 1.79 bits per heavy atom. The number of hydrogen-bond donors (Lipinski definition) is 0. The molecule has 4 heteroatoms. The fourth-order valence-electron chi connectivity index (χ4n) is 5.15. The van der Waals surface area contributed by atoms with Crippen molar-refractivity contribution in [2.75, 3.05) is 9.80 Å². The Hall–Kier alpha value is -4.18. The first-order chi connectivity index (χ1) is 18.6. The molecule has 1 aliphatic carbocycles. The van der Waals surface area contributed by atoms with E-state index in [0.717, 1.165) is 48.4 Å². The summed E-state index contributed by atoms with van der Waals surface area (Å²) in [5, 5.41) is 0. The Morgan fingerprint density at radius 1 is 0.789 bits per heavy atom. The number of rotatable bonds is 9. The molecule has 1 saturated carbocycles. The maximum absolute atomic E-state index is 14.2. The predicted octanol–water partition coefficient (Wildman–Crippen LogP) is 8.23. The van der Waals surface area contributed by atoms with Crippen LogP contribution in [0.5, 0.6) is 0 Å². The number of amides is 2. The lowest BCUT2D eigenvalue weighted by atomic mass is 9.79. The Kier molecular flexibility index (Phi) is 9.47. The van der Waals surface area contributed by atoms with Crippen LogP contribution in [-0.4, -0.2) is 11.8 Å². The zero-order chi connectivity index (χ0) is 26.7. The number of benzene rings is 3. The van der Waals surface area contributed by atoms with E-state index in [-0.39, 0.29) is 23.7 Å². The van der Waals surface area contributed by atoms with E-state index in [1.54, 1.807) is 6.08 Å². The van der Waals surface area contributed by atoms with Gasteiger partial charge in [-0.1, -0.05) is 92.7 Å². The number of carbonyl (C=O) groups is 2. The Labute approximate surface area is 226 Å². The summed E-state index contributed by atoms with van der Waals surface area (Å²) in [6.45, 7) is 5.86. The van der Waals surface area contributed by atoms with Gasteiger partial charge < -0.3 is 0 Å². The number of nitrogens with zero attached hydrogens (tertiary/aromatic N) is 2. The smallest absolute Gasteiger partial charge is 0.234 e. The minimum absolute atomic E-state index is 0.0353. The summed E-state index contributed by atoms with van der Waals surface area (Å²) < 4.78 is 0. The van der Waals surface area contributed by atoms with Gasteiger partial charge in [0, 0.05) is 34.6 Å². The molecule has 4 nitrogen and oxygen atoms in total. The lowest BCUT2D eigenvalue weighted by molar-refractivity contribution is -0.126. The van der Waals surface area contributed by atoms with Crippen LogP contribution in [0.3, 0.4) is 0 Å². The molecule has 38 heavy (non-hydrogen) atoms. The van der Waals surface area contributed by atoms with Crippen molar-refractivity contribution >= 4 is 28.9 Å². The number of carbonyl (C=O) groups excluding carboxylic acids is 2. The maximum Gasteiger partial charge on any atom is 0.234 e. The molecule has 194 valence electrons. The molecule has 2 atom stereocenters. The Balaban J connectivity index is 1.63. The molecule has 1 aliphatic rings. The van der Waals surface area contributed by atoms with Crippen molar-refractivity contribution in [1.29, 1.82) is 0 Å². The summed E-state index contributed by atoms with van der Waals surface area (Å²) in [5.74, 6) is -0.406. The highest BCUT2D eigenvalue weighted by Gasteiger charge is 2.37. The van der Waals surface area contributed by atoms with Gasteiger partial charge in [0.25, 0.3) is 0 Å². The molecule has 0 saturated heterocycles. The largest absolute Gasteiger partial charge is 0.281 e. The standard InChI is InChI=1S/C34H36N2O2/c1-3-5-19-29(16-4-2)35(30-20-9-6-10-21-30)33(37)27-17-15-18-28(26-27)34(38)36(31-22-11-7-12-23-31)32-24-13-8-14-25-32/h3,5-14,16,19-25,27-28H,1,4,15,17-18,26H2,2H3/b19-5-,29-16+. The fraction of sp³-hybridized carbons (Fsp3) is 0.235. The number of para-hydroxylation sites is 3. The second-order valence-electron chi connectivity index (χ2n) is 9.55. The van der Waals surface area contributed by atoms with Crippen molar-refractivity contribution in [2.45, 2.75) is 39.0 Å². The van der Waals surface area contributed by atoms with E-state index in [1.165, 1.54) is 0 Å². The van der Waals surface area contributed by atoms with Crippen LogP contribution in [0.2, 0.25) is 0 Å². The Morgan fingerprint density at radius 2 is 1.29 bits per heavy atom. The molecule has 4 rings (SSSR count). The number of allylic oxidation sites excluding steroid dienone is 4. The van der Waals surface area contributed by atoms with Crippen LogP contribution in [0.15, 0.2) is 128 Å². The van der Waals surface area contributed by atoms with Gasteiger partial charge >= 0.3 is 0 Å². The van der Waals surface area contributed by atoms with Gasteiger partial charge in [-0.05, 0) is 68.2 Å². The molecule has 3 aromatic carbocycles. The molecule has 1 fully saturated rings.